The third-order valence-corrected chi connectivity index (χ3v) is 4.48. The van der Waals surface area contributed by atoms with Crippen molar-refractivity contribution in [2.75, 3.05) is 6.61 Å². The van der Waals surface area contributed by atoms with Crippen molar-refractivity contribution >= 4 is 22.0 Å². The van der Waals surface area contributed by atoms with E-state index in [-0.39, 0.29) is 23.7 Å². The van der Waals surface area contributed by atoms with Gasteiger partial charge in [0, 0.05) is 6.42 Å². The van der Waals surface area contributed by atoms with Gasteiger partial charge in [-0.05, 0) is 46.8 Å². The van der Waals surface area contributed by atoms with E-state index >= 15 is 0 Å². The quantitative estimate of drug-likeness (QED) is 0.534. The Morgan fingerprint density at radius 3 is 2.30 bits per heavy atom. The summed E-state index contributed by atoms with van der Waals surface area (Å²) in [5, 5.41) is 2.53. The van der Waals surface area contributed by atoms with Crippen LogP contribution in [0.1, 0.15) is 39.7 Å². The molecule has 0 radical (unpaired) electrons. The summed E-state index contributed by atoms with van der Waals surface area (Å²) in [5.74, 6) is -0.0598. The van der Waals surface area contributed by atoms with Crippen LogP contribution in [0.15, 0.2) is 41.3 Å². The van der Waals surface area contributed by atoms with E-state index in [1.165, 1.54) is 25.1 Å². The number of carbonyl (C=O) groups excluding carboxylic acids is 2. The summed E-state index contributed by atoms with van der Waals surface area (Å²) >= 11 is 0. The van der Waals surface area contributed by atoms with Crippen molar-refractivity contribution in [3.8, 4) is 0 Å². The minimum Gasteiger partial charge on any atom is -0.444 e. The molecule has 0 saturated carbocycles. The molecule has 0 aliphatic carbocycles. The molecule has 150 valence electrons. The van der Waals surface area contributed by atoms with Gasteiger partial charge < -0.3 is 10.1 Å². The first-order valence-electron chi connectivity index (χ1n) is 8.51. The summed E-state index contributed by atoms with van der Waals surface area (Å²) in [4.78, 5) is 23.1. The van der Waals surface area contributed by atoms with Crippen molar-refractivity contribution < 1.29 is 26.9 Å². The van der Waals surface area contributed by atoms with E-state index in [1.54, 1.807) is 39.0 Å². The smallest absolute Gasteiger partial charge is 0.408 e. The molecule has 0 saturated heterocycles. The number of benzene rings is 1. The first-order valence-corrected chi connectivity index (χ1v) is 9.91. The number of hydrogen-bond donors (Lipinski definition) is 1. The van der Waals surface area contributed by atoms with E-state index in [0.717, 1.165) is 5.56 Å². The fourth-order valence-electron chi connectivity index (χ4n) is 1.94. The van der Waals surface area contributed by atoms with Gasteiger partial charge in [-0.1, -0.05) is 29.8 Å². The lowest BCUT2D eigenvalue weighted by molar-refractivity contribution is -0.116. The molecular weight excluding hydrogens is 370 g/mol. The van der Waals surface area contributed by atoms with Gasteiger partial charge in [-0.3, -0.25) is 8.98 Å². The number of ketones is 1. The summed E-state index contributed by atoms with van der Waals surface area (Å²) < 4.78 is 34.8. The van der Waals surface area contributed by atoms with Gasteiger partial charge in [-0.2, -0.15) is 8.42 Å². The topological polar surface area (TPSA) is 98.8 Å². The third-order valence-electron chi connectivity index (χ3n) is 3.19. The molecule has 0 aromatic heterocycles. The Labute approximate surface area is 160 Å². The molecule has 1 rings (SSSR count). The lowest BCUT2D eigenvalue weighted by Gasteiger charge is -2.22. The van der Waals surface area contributed by atoms with E-state index in [4.69, 9.17) is 8.92 Å². The molecule has 0 bridgehead atoms. The monoisotopic (exact) mass is 397 g/mol. The fraction of sp³-hybridized carbons (Fsp3) is 0.474. The van der Waals surface area contributed by atoms with Gasteiger partial charge in [0.05, 0.1) is 17.5 Å². The zero-order valence-electron chi connectivity index (χ0n) is 16.3. The van der Waals surface area contributed by atoms with Gasteiger partial charge >= 0.3 is 6.09 Å². The molecule has 1 amide bonds. The van der Waals surface area contributed by atoms with Crippen LogP contribution in [0.25, 0.3) is 0 Å². The number of ether oxygens (including phenoxy) is 1. The van der Waals surface area contributed by atoms with E-state index in [9.17, 15) is 18.0 Å². The van der Waals surface area contributed by atoms with Crippen molar-refractivity contribution in [1.82, 2.24) is 5.32 Å². The standard InChI is InChI=1S/C19H27NO6S/c1-14-9-11-17(12-10-14)27(23,24)25-13-16(8-6-7-15(2)21)20-18(22)26-19(3,4)5/h6,8-12,16H,7,13H2,1-5H3,(H,20,22)/b8-6+/t16-/m0/s1. The zero-order valence-corrected chi connectivity index (χ0v) is 17.1. The van der Waals surface area contributed by atoms with E-state index < -0.39 is 27.9 Å². The number of carbonyl (C=O) groups is 2. The van der Waals surface area contributed by atoms with Crippen LogP contribution >= 0.6 is 0 Å². The van der Waals surface area contributed by atoms with Crippen LogP contribution in [0, 0.1) is 6.92 Å². The maximum Gasteiger partial charge on any atom is 0.408 e. The SMILES string of the molecule is CC(=O)C/C=C/[C@@H](COS(=O)(=O)c1ccc(C)cc1)NC(=O)OC(C)(C)C. The van der Waals surface area contributed by atoms with Gasteiger partial charge in [0.2, 0.25) is 0 Å². The third kappa shape index (κ3) is 9.35. The van der Waals surface area contributed by atoms with Crippen molar-refractivity contribution in [2.45, 2.75) is 57.6 Å². The number of amides is 1. The van der Waals surface area contributed by atoms with Crippen LogP contribution in [0.5, 0.6) is 0 Å². The summed E-state index contributed by atoms with van der Waals surface area (Å²) in [5.41, 5.74) is 0.220. The van der Waals surface area contributed by atoms with Crippen LogP contribution in [0.4, 0.5) is 4.79 Å². The number of Topliss-reactive ketones (excluding diaryl/α,β-unsaturated/α-hetero) is 1. The Bertz CT molecular complexity index is 775. The average Bonchev–Trinajstić information content (AvgIpc) is 2.50. The summed E-state index contributed by atoms with van der Waals surface area (Å²) in [6.45, 7) is 8.09. The molecule has 1 N–H and O–H groups in total. The van der Waals surface area contributed by atoms with Crippen LogP contribution < -0.4 is 5.32 Å². The second kappa shape index (κ2) is 9.66. The fourth-order valence-corrected chi connectivity index (χ4v) is 2.87. The highest BCUT2D eigenvalue weighted by Gasteiger charge is 2.21. The van der Waals surface area contributed by atoms with Crippen molar-refractivity contribution in [3.63, 3.8) is 0 Å². The molecule has 0 unspecified atom stereocenters. The Morgan fingerprint density at radius 2 is 1.78 bits per heavy atom. The molecular formula is C19H27NO6S. The number of aryl methyl sites for hydroxylation is 1. The number of rotatable bonds is 8. The first-order chi connectivity index (χ1) is 12.4. The summed E-state index contributed by atoms with van der Waals surface area (Å²) in [6.07, 6.45) is 2.51. The maximum absolute atomic E-state index is 12.3. The normalized spacial score (nSPS) is 13.4. The highest BCUT2D eigenvalue weighted by Crippen LogP contribution is 2.14. The summed E-state index contributed by atoms with van der Waals surface area (Å²) in [6, 6.07) is 5.46. The minimum atomic E-state index is -3.98. The lowest BCUT2D eigenvalue weighted by atomic mass is 10.2. The number of nitrogens with one attached hydrogen (secondary N) is 1. The van der Waals surface area contributed by atoms with E-state index in [0.29, 0.717) is 0 Å². The van der Waals surface area contributed by atoms with Gasteiger partial charge in [0.25, 0.3) is 10.1 Å². The molecule has 1 atom stereocenters. The molecule has 0 aliphatic heterocycles. The minimum absolute atomic E-state index is 0.0248. The van der Waals surface area contributed by atoms with Gasteiger partial charge in [-0.15, -0.1) is 0 Å². The Morgan fingerprint density at radius 1 is 1.19 bits per heavy atom. The number of allylic oxidation sites excluding steroid dienone is 1. The van der Waals surface area contributed by atoms with E-state index in [2.05, 4.69) is 5.32 Å². The summed E-state index contributed by atoms with van der Waals surface area (Å²) in [7, 11) is -3.98. The highest BCUT2D eigenvalue weighted by molar-refractivity contribution is 7.86. The van der Waals surface area contributed by atoms with Crippen molar-refractivity contribution in [3.05, 3.63) is 42.0 Å². The average molecular weight is 397 g/mol. The molecule has 0 spiro atoms. The Kier molecular flexibility index (Phi) is 8.18. The van der Waals surface area contributed by atoms with Crippen LogP contribution in [0.2, 0.25) is 0 Å². The van der Waals surface area contributed by atoms with Crippen LogP contribution in [0.3, 0.4) is 0 Å². The van der Waals surface area contributed by atoms with Gasteiger partial charge in [0.15, 0.2) is 0 Å². The Balaban J connectivity index is 2.83. The largest absolute Gasteiger partial charge is 0.444 e. The van der Waals surface area contributed by atoms with Crippen LogP contribution in [-0.2, 0) is 23.8 Å². The molecule has 1 aromatic carbocycles. The second-order valence-electron chi connectivity index (χ2n) is 7.14. The Hall–Kier alpha value is -2.19. The van der Waals surface area contributed by atoms with Gasteiger partial charge in [-0.25, -0.2) is 4.79 Å². The zero-order chi connectivity index (χ0) is 20.7. The van der Waals surface area contributed by atoms with Crippen molar-refractivity contribution in [1.29, 1.82) is 0 Å². The molecule has 0 fully saturated rings. The molecule has 0 heterocycles. The van der Waals surface area contributed by atoms with E-state index in [1.807, 2.05) is 6.92 Å². The lowest BCUT2D eigenvalue weighted by Crippen LogP contribution is -2.40. The molecule has 27 heavy (non-hydrogen) atoms. The molecule has 7 nitrogen and oxygen atoms in total. The first kappa shape index (κ1) is 22.9. The number of hydrogen-bond acceptors (Lipinski definition) is 6. The molecule has 1 aromatic rings. The molecule has 8 heteroatoms. The van der Waals surface area contributed by atoms with Crippen molar-refractivity contribution in [2.24, 2.45) is 0 Å². The number of alkyl carbamates (subject to hydrolysis) is 1. The predicted octanol–water partition coefficient (Wildman–Crippen LogP) is 3.13. The van der Waals surface area contributed by atoms with Gasteiger partial charge in [0.1, 0.15) is 11.4 Å². The predicted molar refractivity (Wildman–Crippen MR) is 102 cm³/mol. The van der Waals surface area contributed by atoms with Crippen LogP contribution in [-0.4, -0.2) is 38.5 Å². The highest BCUT2D eigenvalue weighted by atomic mass is 32.2. The molecule has 0 aliphatic rings. The second-order valence-corrected chi connectivity index (χ2v) is 8.75. The maximum atomic E-state index is 12.3.